The Morgan fingerprint density at radius 2 is 1.62 bits per heavy atom. The highest BCUT2D eigenvalue weighted by Gasteiger charge is 2.20. The highest BCUT2D eigenvalue weighted by atomic mass is 16.5. The SMILES string of the molecule is COc1cccc(-n2nc(-c3nc(-c4ccc(OC)c(OC)c4)no3)c3ccccc3c2=O)c1. The lowest BCUT2D eigenvalue weighted by atomic mass is 10.1. The monoisotopic (exact) mass is 456 g/mol. The van der Waals surface area contributed by atoms with Crippen molar-refractivity contribution in [3.63, 3.8) is 0 Å². The first-order valence-corrected chi connectivity index (χ1v) is 10.4. The Kier molecular flexibility index (Phi) is 5.43. The van der Waals surface area contributed by atoms with Gasteiger partial charge in [-0.1, -0.05) is 29.4 Å². The minimum absolute atomic E-state index is 0.178. The predicted molar refractivity (Wildman–Crippen MR) is 126 cm³/mol. The lowest BCUT2D eigenvalue weighted by molar-refractivity contribution is 0.355. The van der Waals surface area contributed by atoms with Gasteiger partial charge in [0.25, 0.3) is 11.4 Å². The van der Waals surface area contributed by atoms with Crippen molar-refractivity contribution in [3.05, 3.63) is 77.1 Å². The number of ether oxygens (including phenoxy) is 3. The number of hydrogen-bond acceptors (Lipinski definition) is 8. The first kappa shape index (κ1) is 21.2. The third-order valence-corrected chi connectivity index (χ3v) is 5.37. The number of nitrogens with zero attached hydrogens (tertiary/aromatic N) is 4. The molecule has 0 atom stereocenters. The van der Waals surface area contributed by atoms with Gasteiger partial charge in [0.15, 0.2) is 17.2 Å². The Hall–Kier alpha value is -4.66. The van der Waals surface area contributed by atoms with Crippen LogP contribution in [0.25, 0.3) is 39.4 Å². The van der Waals surface area contributed by atoms with Gasteiger partial charge in [-0.15, -0.1) is 0 Å². The molecule has 0 saturated carbocycles. The highest BCUT2D eigenvalue weighted by Crippen LogP contribution is 2.32. The molecule has 0 aliphatic heterocycles. The maximum absolute atomic E-state index is 13.2. The Balaban J connectivity index is 1.67. The van der Waals surface area contributed by atoms with Crippen molar-refractivity contribution < 1.29 is 18.7 Å². The summed E-state index contributed by atoms with van der Waals surface area (Å²) in [7, 11) is 4.69. The summed E-state index contributed by atoms with van der Waals surface area (Å²) in [5.74, 6) is 2.27. The van der Waals surface area contributed by atoms with Gasteiger partial charge >= 0.3 is 0 Å². The molecule has 0 spiro atoms. The van der Waals surface area contributed by atoms with Crippen molar-refractivity contribution in [3.8, 4) is 45.9 Å². The van der Waals surface area contributed by atoms with Crippen LogP contribution < -0.4 is 19.8 Å². The van der Waals surface area contributed by atoms with Gasteiger partial charge in [0.1, 0.15) is 5.75 Å². The molecule has 5 aromatic rings. The lowest BCUT2D eigenvalue weighted by Gasteiger charge is -2.10. The van der Waals surface area contributed by atoms with Crippen molar-refractivity contribution in [2.75, 3.05) is 21.3 Å². The highest BCUT2D eigenvalue weighted by molar-refractivity contribution is 5.92. The Morgan fingerprint density at radius 1 is 0.824 bits per heavy atom. The number of aromatic nitrogens is 4. The lowest BCUT2D eigenvalue weighted by Crippen LogP contribution is -2.22. The van der Waals surface area contributed by atoms with E-state index in [2.05, 4.69) is 15.2 Å². The van der Waals surface area contributed by atoms with E-state index in [1.165, 1.54) is 4.68 Å². The summed E-state index contributed by atoms with van der Waals surface area (Å²) in [5, 5.41) is 9.79. The summed E-state index contributed by atoms with van der Waals surface area (Å²) in [6, 6.07) is 19.6. The minimum Gasteiger partial charge on any atom is -0.497 e. The third-order valence-electron chi connectivity index (χ3n) is 5.37. The molecule has 0 fully saturated rings. The number of hydrogen-bond donors (Lipinski definition) is 0. The zero-order valence-electron chi connectivity index (χ0n) is 18.7. The molecule has 9 heteroatoms. The van der Waals surface area contributed by atoms with Crippen molar-refractivity contribution >= 4 is 10.8 Å². The fourth-order valence-corrected chi connectivity index (χ4v) is 3.68. The van der Waals surface area contributed by atoms with Gasteiger partial charge in [-0.05, 0) is 36.4 Å². The van der Waals surface area contributed by atoms with Crippen LogP contribution in [-0.4, -0.2) is 41.3 Å². The molecule has 0 aliphatic rings. The molecular weight excluding hydrogens is 436 g/mol. The molecule has 5 rings (SSSR count). The van der Waals surface area contributed by atoms with E-state index in [0.29, 0.717) is 50.8 Å². The largest absolute Gasteiger partial charge is 0.497 e. The van der Waals surface area contributed by atoms with Gasteiger partial charge in [0.2, 0.25) is 5.82 Å². The second-order valence-corrected chi connectivity index (χ2v) is 7.31. The maximum atomic E-state index is 13.2. The second kappa shape index (κ2) is 8.70. The minimum atomic E-state index is -0.271. The van der Waals surface area contributed by atoms with Gasteiger partial charge in [0, 0.05) is 17.0 Å². The quantitative estimate of drug-likeness (QED) is 0.376. The van der Waals surface area contributed by atoms with E-state index in [1.54, 1.807) is 82.0 Å². The molecule has 9 nitrogen and oxygen atoms in total. The van der Waals surface area contributed by atoms with Crippen LogP contribution in [0.5, 0.6) is 17.2 Å². The first-order valence-electron chi connectivity index (χ1n) is 10.4. The molecule has 3 aromatic carbocycles. The molecule has 0 N–H and O–H groups in total. The van der Waals surface area contributed by atoms with E-state index in [9.17, 15) is 4.79 Å². The Labute approximate surface area is 194 Å². The van der Waals surface area contributed by atoms with Crippen LogP contribution in [0.2, 0.25) is 0 Å². The molecule has 0 aliphatic carbocycles. The fraction of sp³-hybridized carbons (Fsp3) is 0.120. The van der Waals surface area contributed by atoms with Gasteiger partial charge in [-0.3, -0.25) is 4.79 Å². The van der Waals surface area contributed by atoms with Crippen LogP contribution in [-0.2, 0) is 0 Å². The summed E-state index contributed by atoms with van der Waals surface area (Å²) in [4.78, 5) is 17.8. The number of methoxy groups -OCH3 is 3. The van der Waals surface area contributed by atoms with Crippen molar-refractivity contribution in [1.82, 2.24) is 19.9 Å². The van der Waals surface area contributed by atoms with Crippen LogP contribution in [0.4, 0.5) is 0 Å². The summed E-state index contributed by atoms with van der Waals surface area (Å²) in [6.45, 7) is 0. The zero-order chi connectivity index (χ0) is 23.7. The van der Waals surface area contributed by atoms with Crippen LogP contribution in [0, 0.1) is 0 Å². The van der Waals surface area contributed by atoms with E-state index < -0.39 is 0 Å². The van der Waals surface area contributed by atoms with E-state index in [0.717, 1.165) is 0 Å². The van der Waals surface area contributed by atoms with Crippen LogP contribution in [0.1, 0.15) is 0 Å². The molecule has 0 radical (unpaired) electrons. The number of benzene rings is 3. The fourth-order valence-electron chi connectivity index (χ4n) is 3.68. The predicted octanol–water partition coefficient (Wildman–Crippen LogP) is 4.13. The topological polar surface area (TPSA) is 102 Å². The Bertz CT molecular complexity index is 1560. The van der Waals surface area contributed by atoms with Crippen molar-refractivity contribution in [1.29, 1.82) is 0 Å². The van der Waals surface area contributed by atoms with Crippen molar-refractivity contribution in [2.24, 2.45) is 0 Å². The van der Waals surface area contributed by atoms with E-state index >= 15 is 0 Å². The molecule has 0 amide bonds. The second-order valence-electron chi connectivity index (χ2n) is 7.31. The zero-order valence-corrected chi connectivity index (χ0v) is 18.7. The van der Waals surface area contributed by atoms with Gasteiger partial charge in [-0.2, -0.15) is 14.8 Å². The van der Waals surface area contributed by atoms with E-state index in [1.807, 2.05) is 6.07 Å². The van der Waals surface area contributed by atoms with Gasteiger partial charge in [-0.25, -0.2) is 0 Å². The normalized spacial score (nSPS) is 10.9. The molecule has 170 valence electrons. The summed E-state index contributed by atoms with van der Waals surface area (Å²) in [6.07, 6.45) is 0. The summed E-state index contributed by atoms with van der Waals surface area (Å²) < 4.78 is 22.9. The number of rotatable bonds is 6. The molecule has 34 heavy (non-hydrogen) atoms. The summed E-state index contributed by atoms with van der Waals surface area (Å²) in [5.41, 5.74) is 1.35. The van der Waals surface area contributed by atoms with Crippen molar-refractivity contribution in [2.45, 2.75) is 0 Å². The van der Waals surface area contributed by atoms with E-state index in [4.69, 9.17) is 18.7 Å². The number of fused-ring (bicyclic) bond motifs is 1. The molecule has 0 bridgehead atoms. The summed E-state index contributed by atoms with van der Waals surface area (Å²) >= 11 is 0. The molecule has 0 saturated heterocycles. The standard InChI is InChI=1S/C25H20N4O5/c1-31-17-8-6-7-16(14-17)29-25(30)19-10-5-4-9-18(19)22(27-29)24-26-23(28-34-24)15-11-12-20(32-2)21(13-15)33-3/h4-14H,1-3H3. The van der Waals surface area contributed by atoms with Gasteiger partial charge in [0.05, 0.1) is 32.4 Å². The maximum Gasteiger partial charge on any atom is 0.279 e. The molecule has 2 aromatic heterocycles. The van der Waals surface area contributed by atoms with Crippen LogP contribution in [0.3, 0.4) is 0 Å². The Morgan fingerprint density at radius 3 is 2.38 bits per heavy atom. The average Bonchev–Trinajstić information content (AvgIpc) is 3.39. The first-order chi connectivity index (χ1) is 16.6. The van der Waals surface area contributed by atoms with Crippen LogP contribution >= 0.6 is 0 Å². The molecule has 2 heterocycles. The molecular formula is C25H20N4O5. The average molecular weight is 456 g/mol. The van der Waals surface area contributed by atoms with Gasteiger partial charge < -0.3 is 18.7 Å². The van der Waals surface area contributed by atoms with E-state index in [-0.39, 0.29) is 11.4 Å². The smallest absolute Gasteiger partial charge is 0.279 e. The molecule has 0 unspecified atom stereocenters. The third kappa shape index (κ3) is 3.62. The van der Waals surface area contributed by atoms with Crippen LogP contribution in [0.15, 0.2) is 76.0 Å².